The number of hydrogen-bond donors (Lipinski definition) is 1. The van der Waals surface area contributed by atoms with E-state index in [0.29, 0.717) is 6.54 Å². The molecular formula is C15H17NO. The van der Waals surface area contributed by atoms with Crippen molar-refractivity contribution in [1.82, 2.24) is 0 Å². The van der Waals surface area contributed by atoms with Crippen molar-refractivity contribution in [3.05, 3.63) is 59.2 Å². The lowest BCUT2D eigenvalue weighted by Crippen LogP contribution is -1.99. The maximum atomic E-state index is 5.83. The van der Waals surface area contributed by atoms with Crippen molar-refractivity contribution in [2.75, 3.05) is 0 Å². The number of hydrogen-bond acceptors (Lipinski definition) is 2. The first-order chi connectivity index (χ1) is 8.19. The van der Waals surface area contributed by atoms with E-state index < -0.39 is 0 Å². The van der Waals surface area contributed by atoms with Crippen LogP contribution in [0.25, 0.3) is 0 Å². The summed E-state index contributed by atoms with van der Waals surface area (Å²) in [6.45, 7) is 4.60. The van der Waals surface area contributed by atoms with Gasteiger partial charge in [0.25, 0.3) is 0 Å². The Bertz CT molecular complexity index is 503. The fourth-order valence-electron chi connectivity index (χ4n) is 1.70. The van der Waals surface area contributed by atoms with Gasteiger partial charge in [0.1, 0.15) is 11.5 Å². The molecule has 0 radical (unpaired) electrons. The van der Waals surface area contributed by atoms with Gasteiger partial charge < -0.3 is 10.5 Å². The molecule has 0 saturated carbocycles. The summed E-state index contributed by atoms with van der Waals surface area (Å²) in [6.07, 6.45) is 0. The highest BCUT2D eigenvalue weighted by atomic mass is 16.5. The zero-order valence-corrected chi connectivity index (χ0v) is 10.2. The first-order valence-corrected chi connectivity index (χ1v) is 5.73. The van der Waals surface area contributed by atoms with Crippen molar-refractivity contribution in [1.29, 1.82) is 0 Å². The van der Waals surface area contributed by atoms with Crippen molar-refractivity contribution < 1.29 is 4.74 Å². The zero-order valence-electron chi connectivity index (χ0n) is 10.2. The fraction of sp³-hybridized carbons (Fsp3) is 0.200. The summed E-state index contributed by atoms with van der Waals surface area (Å²) in [4.78, 5) is 0. The van der Waals surface area contributed by atoms with Crippen LogP contribution < -0.4 is 10.5 Å². The Hall–Kier alpha value is -1.80. The summed E-state index contributed by atoms with van der Waals surface area (Å²) in [5, 5.41) is 0. The van der Waals surface area contributed by atoms with Gasteiger partial charge in [-0.1, -0.05) is 35.4 Å². The lowest BCUT2D eigenvalue weighted by molar-refractivity contribution is 0.476. The molecule has 0 bridgehead atoms. The molecular weight excluding hydrogens is 210 g/mol. The van der Waals surface area contributed by atoms with E-state index >= 15 is 0 Å². The standard InChI is InChI=1S/C15H17NO/c1-11-3-6-14(7-4-11)17-15-8-5-12(2)9-13(15)10-16/h3-9H,10,16H2,1-2H3. The van der Waals surface area contributed by atoms with E-state index in [9.17, 15) is 0 Å². The summed E-state index contributed by atoms with van der Waals surface area (Å²) < 4.78 is 5.83. The molecule has 17 heavy (non-hydrogen) atoms. The molecule has 0 aromatic heterocycles. The van der Waals surface area contributed by atoms with Crippen LogP contribution in [0.5, 0.6) is 11.5 Å². The Kier molecular flexibility index (Phi) is 3.45. The van der Waals surface area contributed by atoms with E-state index in [0.717, 1.165) is 17.1 Å². The molecule has 0 aliphatic heterocycles. The van der Waals surface area contributed by atoms with Gasteiger partial charge in [-0.25, -0.2) is 0 Å². The highest BCUT2D eigenvalue weighted by molar-refractivity contribution is 5.40. The van der Waals surface area contributed by atoms with E-state index in [1.165, 1.54) is 11.1 Å². The highest BCUT2D eigenvalue weighted by Gasteiger charge is 2.03. The number of benzene rings is 2. The molecule has 0 unspecified atom stereocenters. The topological polar surface area (TPSA) is 35.2 Å². The Morgan fingerprint density at radius 2 is 1.59 bits per heavy atom. The van der Waals surface area contributed by atoms with E-state index in [2.05, 4.69) is 19.9 Å². The van der Waals surface area contributed by atoms with Crippen LogP contribution in [0.2, 0.25) is 0 Å². The van der Waals surface area contributed by atoms with Crippen LogP contribution in [0.3, 0.4) is 0 Å². The summed E-state index contributed by atoms with van der Waals surface area (Å²) in [5.41, 5.74) is 9.17. The lowest BCUT2D eigenvalue weighted by Gasteiger charge is -2.10. The average molecular weight is 227 g/mol. The summed E-state index contributed by atoms with van der Waals surface area (Å²) in [6, 6.07) is 14.1. The maximum Gasteiger partial charge on any atom is 0.131 e. The van der Waals surface area contributed by atoms with Crippen molar-refractivity contribution in [3.63, 3.8) is 0 Å². The van der Waals surface area contributed by atoms with E-state index in [-0.39, 0.29) is 0 Å². The number of rotatable bonds is 3. The second kappa shape index (κ2) is 5.02. The van der Waals surface area contributed by atoms with Crippen LogP contribution >= 0.6 is 0 Å². The van der Waals surface area contributed by atoms with Crippen molar-refractivity contribution >= 4 is 0 Å². The normalized spacial score (nSPS) is 10.3. The van der Waals surface area contributed by atoms with Gasteiger partial charge >= 0.3 is 0 Å². The van der Waals surface area contributed by atoms with Crippen LogP contribution in [-0.2, 0) is 6.54 Å². The van der Waals surface area contributed by atoms with E-state index in [4.69, 9.17) is 10.5 Å². The molecule has 0 saturated heterocycles. The Labute approximate surface area is 102 Å². The van der Waals surface area contributed by atoms with E-state index in [1.807, 2.05) is 36.4 Å². The third kappa shape index (κ3) is 2.86. The van der Waals surface area contributed by atoms with Crippen LogP contribution in [-0.4, -0.2) is 0 Å². The molecule has 2 nitrogen and oxygen atoms in total. The summed E-state index contributed by atoms with van der Waals surface area (Å²) in [7, 11) is 0. The quantitative estimate of drug-likeness (QED) is 0.870. The van der Waals surface area contributed by atoms with Crippen LogP contribution in [0.4, 0.5) is 0 Å². The Morgan fingerprint density at radius 1 is 0.941 bits per heavy atom. The molecule has 0 spiro atoms. The van der Waals surface area contributed by atoms with Crippen LogP contribution in [0.15, 0.2) is 42.5 Å². The first-order valence-electron chi connectivity index (χ1n) is 5.73. The van der Waals surface area contributed by atoms with Crippen LogP contribution in [0, 0.1) is 13.8 Å². The van der Waals surface area contributed by atoms with Gasteiger partial charge in [-0.05, 0) is 32.0 Å². The predicted molar refractivity (Wildman–Crippen MR) is 70.3 cm³/mol. The van der Waals surface area contributed by atoms with Crippen molar-refractivity contribution in [2.24, 2.45) is 5.73 Å². The third-order valence-electron chi connectivity index (χ3n) is 2.68. The molecule has 88 valence electrons. The molecule has 0 aliphatic carbocycles. The van der Waals surface area contributed by atoms with Gasteiger partial charge in [-0.3, -0.25) is 0 Å². The summed E-state index contributed by atoms with van der Waals surface area (Å²) >= 11 is 0. The minimum Gasteiger partial charge on any atom is -0.457 e. The lowest BCUT2D eigenvalue weighted by atomic mass is 10.1. The molecule has 2 heteroatoms. The highest BCUT2D eigenvalue weighted by Crippen LogP contribution is 2.26. The number of aryl methyl sites for hydroxylation is 2. The second-order valence-corrected chi connectivity index (χ2v) is 4.23. The van der Waals surface area contributed by atoms with E-state index in [1.54, 1.807) is 0 Å². The smallest absolute Gasteiger partial charge is 0.131 e. The molecule has 0 aliphatic rings. The Balaban J connectivity index is 2.26. The van der Waals surface area contributed by atoms with Crippen LogP contribution in [0.1, 0.15) is 16.7 Å². The molecule has 2 N–H and O–H groups in total. The number of ether oxygens (including phenoxy) is 1. The predicted octanol–water partition coefficient (Wildman–Crippen LogP) is 3.55. The third-order valence-corrected chi connectivity index (χ3v) is 2.68. The minimum atomic E-state index is 0.489. The molecule has 2 aromatic rings. The molecule has 2 rings (SSSR count). The molecule has 0 atom stereocenters. The SMILES string of the molecule is Cc1ccc(Oc2ccc(C)cc2CN)cc1. The second-order valence-electron chi connectivity index (χ2n) is 4.23. The average Bonchev–Trinajstić information content (AvgIpc) is 2.34. The molecule has 0 amide bonds. The zero-order chi connectivity index (χ0) is 12.3. The Morgan fingerprint density at radius 3 is 2.24 bits per heavy atom. The van der Waals surface area contributed by atoms with Gasteiger partial charge in [0.2, 0.25) is 0 Å². The maximum absolute atomic E-state index is 5.83. The van der Waals surface area contributed by atoms with Crippen molar-refractivity contribution in [3.8, 4) is 11.5 Å². The molecule has 0 heterocycles. The first kappa shape index (κ1) is 11.7. The van der Waals surface area contributed by atoms with Gasteiger partial charge in [0.15, 0.2) is 0 Å². The van der Waals surface area contributed by atoms with Crippen molar-refractivity contribution in [2.45, 2.75) is 20.4 Å². The van der Waals surface area contributed by atoms with Gasteiger partial charge in [0.05, 0.1) is 0 Å². The van der Waals surface area contributed by atoms with Gasteiger partial charge in [0, 0.05) is 12.1 Å². The van der Waals surface area contributed by atoms with Gasteiger partial charge in [-0.2, -0.15) is 0 Å². The molecule has 2 aromatic carbocycles. The number of nitrogens with two attached hydrogens (primary N) is 1. The fourth-order valence-corrected chi connectivity index (χ4v) is 1.70. The summed E-state index contributed by atoms with van der Waals surface area (Å²) in [5.74, 6) is 1.68. The van der Waals surface area contributed by atoms with Gasteiger partial charge in [-0.15, -0.1) is 0 Å². The minimum absolute atomic E-state index is 0.489. The monoisotopic (exact) mass is 227 g/mol. The largest absolute Gasteiger partial charge is 0.457 e. The molecule has 0 fully saturated rings.